The summed E-state index contributed by atoms with van der Waals surface area (Å²) in [6.45, 7) is 3.48. The van der Waals surface area contributed by atoms with E-state index in [9.17, 15) is 18.3 Å². The Hall–Kier alpha value is -1.56. The fraction of sp³-hybridized carbons (Fsp3) is 0.350. The van der Waals surface area contributed by atoms with E-state index in [1.54, 1.807) is 24.3 Å². The molecule has 1 fully saturated rings. The molecule has 176 valence electrons. The molecule has 3 N–H and O–H groups in total. The zero-order valence-electron chi connectivity index (χ0n) is 17.5. The Morgan fingerprint density at radius 1 is 1.25 bits per heavy atom. The molecule has 0 aromatic heterocycles. The van der Waals surface area contributed by atoms with Gasteiger partial charge in [0.05, 0.1) is 22.6 Å². The lowest BCUT2D eigenvalue weighted by Gasteiger charge is -2.31. The SMILES string of the molecule is CCN1CCCC1N(C)S(=O)(=O)c1c(Cl)ccc(NC(=O)Nc2ccccc2Br)c1O.Cl. The summed E-state index contributed by atoms with van der Waals surface area (Å²) in [5.74, 6) is -0.609. The van der Waals surface area contributed by atoms with E-state index in [1.807, 2.05) is 6.92 Å². The van der Waals surface area contributed by atoms with Crippen LogP contribution in [0.3, 0.4) is 0 Å². The average molecular weight is 568 g/mol. The summed E-state index contributed by atoms with van der Waals surface area (Å²) in [4.78, 5) is 14.0. The van der Waals surface area contributed by atoms with Crippen LogP contribution in [0.4, 0.5) is 16.2 Å². The Bertz CT molecular complexity index is 1090. The maximum atomic E-state index is 13.3. The van der Waals surface area contributed by atoms with Crippen LogP contribution in [0, 0.1) is 0 Å². The molecule has 0 saturated carbocycles. The molecule has 1 aliphatic heterocycles. The van der Waals surface area contributed by atoms with Crippen LogP contribution in [0.2, 0.25) is 5.02 Å². The highest BCUT2D eigenvalue weighted by Crippen LogP contribution is 2.39. The van der Waals surface area contributed by atoms with Gasteiger partial charge in [0.1, 0.15) is 4.90 Å². The molecule has 1 saturated heterocycles. The summed E-state index contributed by atoms with van der Waals surface area (Å²) in [6, 6.07) is 9.05. The maximum absolute atomic E-state index is 13.3. The molecule has 32 heavy (non-hydrogen) atoms. The molecule has 3 rings (SSSR count). The molecule has 0 bridgehead atoms. The molecule has 1 aliphatic rings. The first-order valence-corrected chi connectivity index (χ1v) is 12.3. The molecule has 8 nitrogen and oxygen atoms in total. The molecule has 1 unspecified atom stereocenters. The van der Waals surface area contributed by atoms with E-state index < -0.39 is 26.7 Å². The van der Waals surface area contributed by atoms with E-state index in [0.717, 1.165) is 13.0 Å². The van der Waals surface area contributed by atoms with Gasteiger partial charge in [0.25, 0.3) is 0 Å². The summed E-state index contributed by atoms with van der Waals surface area (Å²) in [5, 5.41) is 15.7. The maximum Gasteiger partial charge on any atom is 0.323 e. The minimum Gasteiger partial charge on any atom is -0.504 e. The van der Waals surface area contributed by atoms with Crippen LogP contribution in [0.1, 0.15) is 19.8 Å². The van der Waals surface area contributed by atoms with Crippen molar-refractivity contribution in [3.63, 3.8) is 0 Å². The number of benzene rings is 2. The molecule has 2 aromatic carbocycles. The van der Waals surface area contributed by atoms with Gasteiger partial charge in [-0.15, -0.1) is 12.4 Å². The number of carbonyl (C=O) groups is 1. The monoisotopic (exact) mass is 566 g/mol. The van der Waals surface area contributed by atoms with Gasteiger partial charge in [-0.25, -0.2) is 13.2 Å². The lowest BCUT2D eigenvalue weighted by Crippen LogP contribution is -2.45. The van der Waals surface area contributed by atoms with Crippen molar-refractivity contribution >= 4 is 67.4 Å². The van der Waals surface area contributed by atoms with Crippen molar-refractivity contribution in [3.05, 3.63) is 45.9 Å². The molecular weight excluding hydrogens is 543 g/mol. The van der Waals surface area contributed by atoms with Gasteiger partial charge in [-0.3, -0.25) is 4.90 Å². The number of urea groups is 1. The molecule has 0 radical (unpaired) electrons. The second-order valence-electron chi connectivity index (χ2n) is 7.10. The smallest absolute Gasteiger partial charge is 0.323 e. The van der Waals surface area contributed by atoms with E-state index in [0.29, 0.717) is 23.1 Å². The van der Waals surface area contributed by atoms with Crippen molar-refractivity contribution in [3.8, 4) is 5.75 Å². The van der Waals surface area contributed by atoms with Gasteiger partial charge in [-0.2, -0.15) is 4.31 Å². The molecule has 2 amide bonds. The number of nitrogens with zero attached hydrogens (tertiary/aromatic N) is 2. The fourth-order valence-corrected chi connectivity index (χ4v) is 5.97. The van der Waals surface area contributed by atoms with Crippen LogP contribution in [0.25, 0.3) is 0 Å². The van der Waals surface area contributed by atoms with Crippen LogP contribution in [-0.4, -0.2) is 55.1 Å². The molecule has 1 atom stereocenters. The van der Waals surface area contributed by atoms with E-state index in [-0.39, 0.29) is 29.3 Å². The molecule has 0 aliphatic carbocycles. The number of anilines is 2. The summed E-state index contributed by atoms with van der Waals surface area (Å²) in [7, 11) is -2.64. The van der Waals surface area contributed by atoms with Crippen LogP contribution < -0.4 is 10.6 Å². The number of hydrogen-bond donors (Lipinski definition) is 3. The normalized spacial score (nSPS) is 16.6. The Labute approximate surface area is 207 Å². The molecule has 2 aromatic rings. The quantitative estimate of drug-likeness (QED) is 0.429. The zero-order valence-corrected chi connectivity index (χ0v) is 21.5. The number of nitrogens with one attached hydrogen (secondary N) is 2. The zero-order chi connectivity index (χ0) is 22.8. The topological polar surface area (TPSA) is 102 Å². The summed E-state index contributed by atoms with van der Waals surface area (Å²) in [5.41, 5.74) is 0.446. The van der Waals surface area contributed by atoms with Crippen molar-refractivity contribution in [2.75, 3.05) is 30.8 Å². The highest BCUT2D eigenvalue weighted by atomic mass is 79.9. The molecule has 1 heterocycles. The first-order chi connectivity index (χ1) is 14.7. The number of phenolic OH excluding ortho intramolecular Hbond substituents is 1. The number of likely N-dealkylation sites (tertiary alicyclic amines) is 1. The van der Waals surface area contributed by atoms with Crippen LogP contribution in [0.15, 0.2) is 45.8 Å². The number of amides is 2. The Morgan fingerprint density at radius 3 is 2.56 bits per heavy atom. The second-order valence-corrected chi connectivity index (χ2v) is 10.3. The van der Waals surface area contributed by atoms with E-state index in [1.165, 1.54) is 23.5 Å². The largest absolute Gasteiger partial charge is 0.504 e. The molecular formula is C20H25BrCl2N4O4S. The predicted molar refractivity (Wildman–Crippen MR) is 132 cm³/mol. The number of para-hydroxylation sites is 1. The van der Waals surface area contributed by atoms with Crippen molar-refractivity contribution in [2.45, 2.75) is 30.8 Å². The minimum absolute atomic E-state index is 0. The van der Waals surface area contributed by atoms with Crippen LogP contribution >= 0.6 is 39.9 Å². The van der Waals surface area contributed by atoms with Crippen molar-refractivity contribution in [2.24, 2.45) is 0 Å². The van der Waals surface area contributed by atoms with Crippen molar-refractivity contribution < 1.29 is 18.3 Å². The number of phenols is 1. The third kappa shape index (κ3) is 5.49. The van der Waals surface area contributed by atoms with Crippen LogP contribution in [-0.2, 0) is 10.0 Å². The van der Waals surface area contributed by atoms with Crippen molar-refractivity contribution in [1.82, 2.24) is 9.21 Å². The highest BCUT2D eigenvalue weighted by molar-refractivity contribution is 9.10. The summed E-state index contributed by atoms with van der Waals surface area (Å²) in [6.07, 6.45) is 1.25. The Morgan fingerprint density at radius 2 is 1.91 bits per heavy atom. The number of halogens is 3. The lowest BCUT2D eigenvalue weighted by molar-refractivity contribution is 0.168. The predicted octanol–water partition coefficient (Wildman–Crippen LogP) is 4.94. The molecule has 12 heteroatoms. The number of sulfonamides is 1. The Kier molecular flexibility index (Phi) is 9.21. The van der Waals surface area contributed by atoms with Gasteiger partial charge in [-0.1, -0.05) is 30.7 Å². The molecule has 0 spiro atoms. The van der Waals surface area contributed by atoms with Gasteiger partial charge in [-0.05, 0) is 66.1 Å². The second kappa shape index (κ2) is 11.0. The third-order valence-corrected chi connectivity index (χ3v) is 8.30. The first-order valence-electron chi connectivity index (χ1n) is 9.73. The van der Waals surface area contributed by atoms with E-state index >= 15 is 0 Å². The lowest BCUT2D eigenvalue weighted by atomic mass is 10.3. The summed E-state index contributed by atoms with van der Waals surface area (Å²) >= 11 is 9.51. The minimum atomic E-state index is -4.12. The number of rotatable bonds is 6. The fourth-order valence-electron chi connectivity index (χ4n) is 3.62. The van der Waals surface area contributed by atoms with Gasteiger partial charge in [0, 0.05) is 11.5 Å². The summed E-state index contributed by atoms with van der Waals surface area (Å²) < 4.78 is 28.5. The van der Waals surface area contributed by atoms with Gasteiger partial charge < -0.3 is 15.7 Å². The first kappa shape index (κ1) is 26.7. The Balaban J connectivity index is 0.00000363. The number of carbonyl (C=O) groups excluding carboxylic acids is 1. The number of aromatic hydroxyl groups is 1. The van der Waals surface area contributed by atoms with E-state index in [2.05, 4.69) is 31.5 Å². The standard InChI is InChI=1S/C20H24BrClN4O4S.ClH/c1-3-26-12-6-9-17(26)25(2)31(29,30)19-14(22)10-11-16(18(19)27)24-20(28)23-15-8-5-4-7-13(15)21;/h4-5,7-8,10-11,17,27H,3,6,9,12H2,1-2H3,(H2,23,24,28);1H. The average Bonchev–Trinajstić information content (AvgIpc) is 3.20. The van der Waals surface area contributed by atoms with Crippen LogP contribution in [0.5, 0.6) is 5.75 Å². The van der Waals surface area contributed by atoms with E-state index in [4.69, 9.17) is 11.6 Å². The van der Waals surface area contributed by atoms with Gasteiger partial charge in [0.15, 0.2) is 5.75 Å². The van der Waals surface area contributed by atoms with Gasteiger partial charge >= 0.3 is 6.03 Å². The highest BCUT2D eigenvalue weighted by Gasteiger charge is 2.37. The van der Waals surface area contributed by atoms with Crippen molar-refractivity contribution in [1.29, 1.82) is 0 Å². The van der Waals surface area contributed by atoms with Gasteiger partial charge in [0.2, 0.25) is 10.0 Å². The number of hydrogen-bond acceptors (Lipinski definition) is 5. The third-order valence-electron chi connectivity index (χ3n) is 5.25.